The van der Waals surface area contributed by atoms with E-state index < -0.39 is 11.2 Å². The number of anilines is 1. The van der Waals surface area contributed by atoms with Gasteiger partial charge in [0.05, 0.1) is 5.75 Å². The minimum atomic E-state index is -0.462. The van der Waals surface area contributed by atoms with Crippen molar-refractivity contribution in [2.75, 3.05) is 17.3 Å². The summed E-state index contributed by atoms with van der Waals surface area (Å²) in [6.45, 7) is 6.11. The Balaban J connectivity index is 1.95. The Labute approximate surface area is 188 Å². The van der Waals surface area contributed by atoms with Crippen LogP contribution in [0.5, 0.6) is 0 Å². The number of fused-ring (bicyclic) bond motifs is 1. The van der Waals surface area contributed by atoms with Crippen molar-refractivity contribution in [3.05, 3.63) is 50.9 Å². The first-order chi connectivity index (χ1) is 14.7. The van der Waals surface area contributed by atoms with Gasteiger partial charge in [-0.1, -0.05) is 31.7 Å². The molecule has 31 heavy (non-hydrogen) atoms. The van der Waals surface area contributed by atoms with Gasteiger partial charge >= 0.3 is 5.69 Å². The third-order valence-electron chi connectivity index (χ3n) is 4.50. The number of amides is 1. The molecule has 0 bridgehead atoms. The van der Waals surface area contributed by atoms with Crippen molar-refractivity contribution >= 4 is 46.2 Å². The number of rotatable bonds is 7. The summed E-state index contributed by atoms with van der Waals surface area (Å²) in [4.78, 5) is 47.9. The second-order valence-corrected chi connectivity index (χ2v) is 9.34. The number of hydrogen-bond donors (Lipinski definition) is 1. The smallest absolute Gasteiger partial charge is 0.325 e. The standard InChI is InChI=1S/C21H25N5O3S2/c1-12(2)10-26-18-17(20(28)25(4)21(26)29)19(23-13(3)22-18)31-11-16(27)24-14-7-6-8-15(9-14)30-5/h6-9,12H,10-11H2,1-5H3,(H,24,27). The summed E-state index contributed by atoms with van der Waals surface area (Å²) in [5.74, 6) is 0.488. The Kier molecular flexibility index (Phi) is 7.22. The highest BCUT2D eigenvalue weighted by Gasteiger charge is 2.19. The lowest BCUT2D eigenvalue weighted by Gasteiger charge is -2.15. The fourth-order valence-electron chi connectivity index (χ4n) is 3.11. The van der Waals surface area contributed by atoms with Crippen molar-refractivity contribution in [3.63, 3.8) is 0 Å². The van der Waals surface area contributed by atoms with Crippen LogP contribution in [0.2, 0.25) is 0 Å². The molecule has 0 unspecified atom stereocenters. The molecule has 0 fully saturated rings. The molecule has 3 aromatic rings. The summed E-state index contributed by atoms with van der Waals surface area (Å²) < 4.78 is 2.58. The van der Waals surface area contributed by atoms with Crippen LogP contribution in [0.25, 0.3) is 11.0 Å². The van der Waals surface area contributed by atoms with Gasteiger partial charge in [-0.3, -0.25) is 18.7 Å². The van der Waals surface area contributed by atoms with Crippen molar-refractivity contribution < 1.29 is 4.79 Å². The molecule has 1 aromatic carbocycles. The zero-order valence-corrected chi connectivity index (χ0v) is 19.8. The van der Waals surface area contributed by atoms with Crippen LogP contribution < -0.4 is 16.6 Å². The monoisotopic (exact) mass is 459 g/mol. The summed E-state index contributed by atoms with van der Waals surface area (Å²) in [6, 6.07) is 7.58. The molecule has 0 spiro atoms. The first-order valence-corrected chi connectivity index (χ1v) is 12.0. The van der Waals surface area contributed by atoms with E-state index in [0.29, 0.717) is 28.7 Å². The molecule has 0 saturated carbocycles. The van der Waals surface area contributed by atoms with E-state index in [-0.39, 0.29) is 23.0 Å². The van der Waals surface area contributed by atoms with Crippen molar-refractivity contribution in [1.29, 1.82) is 0 Å². The Hall–Kier alpha value is -2.59. The van der Waals surface area contributed by atoms with Gasteiger partial charge in [0.2, 0.25) is 5.91 Å². The zero-order valence-electron chi connectivity index (χ0n) is 18.1. The number of benzene rings is 1. The fraction of sp³-hybridized carbons (Fsp3) is 0.381. The summed E-state index contributed by atoms with van der Waals surface area (Å²) in [5.41, 5.74) is 0.148. The summed E-state index contributed by atoms with van der Waals surface area (Å²) in [5, 5.41) is 3.52. The van der Waals surface area contributed by atoms with E-state index in [1.54, 1.807) is 18.7 Å². The van der Waals surface area contributed by atoms with Gasteiger partial charge in [0.25, 0.3) is 5.56 Å². The lowest BCUT2D eigenvalue weighted by molar-refractivity contribution is -0.113. The molecule has 2 aromatic heterocycles. The topological polar surface area (TPSA) is 98.9 Å². The largest absolute Gasteiger partial charge is 0.332 e. The average molecular weight is 460 g/mol. The van der Waals surface area contributed by atoms with Crippen LogP contribution in [-0.2, 0) is 18.4 Å². The molecule has 0 aliphatic heterocycles. The van der Waals surface area contributed by atoms with Crippen LogP contribution in [-0.4, -0.2) is 37.0 Å². The van der Waals surface area contributed by atoms with E-state index in [2.05, 4.69) is 15.3 Å². The molecular formula is C21H25N5O3S2. The fourth-order valence-corrected chi connectivity index (χ4v) is 4.43. The highest BCUT2D eigenvalue weighted by molar-refractivity contribution is 8.00. The molecular weight excluding hydrogens is 434 g/mol. The van der Waals surface area contributed by atoms with Crippen LogP contribution in [0, 0.1) is 12.8 Å². The molecule has 8 nitrogen and oxygen atoms in total. The summed E-state index contributed by atoms with van der Waals surface area (Å²) in [7, 11) is 1.45. The number of aromatic nitrogens is 4. The van der Waals surface area contributed by atoms with Crippen molar-refractivity contribution in [2.45, 2.75) is 37.2 Å². The maximum absolute atomic E-state index is 12.9. The number of carbonyl (C=O) groups excluding carboxylic acids is 1. The van der Waals surface area contributed by atoms with Crippen LogP contribution in [0.15, 0.2) is 43.8 Å². The van der Waals surface area contributed by atoms with E-state index in [9.17, 15) is 14.4 Å². The minimum Gasteiger partial charge on any atom is -0.325 e. The molecule has 0 aliphatic carbocycles. The van der Waals surface area contributed by atoms with E-state index in [1.165, 1.54) is 11.6 Å². The van der Waals surface area contributed by atoms with E-state index in [0.717, 1.165) is 21.2 Å². The second-order valence-electron chi connectivity index (χ2n) is 7.49. The molecule has 0 saturated heterocycles. The van der Waals surface area contributed by atoms with Crippen molar-refractivity contribution in [2.24, 2.45) is 13.0 Å². The average Bonchev–Trinajstić information content (AvgIpc) is 2.73. The summed E-state index contributed by atoms with van der Waals surface area (Å²) >= 11 is 2.76. The molecule has 0 aliphatic rings. The number of hydrogen-bond acceptors (Lipinski definition) is 7. The van der Waals surface area contributed by atoms with Crippen LogP contribution in [0.4, 0.5) is 5.69 Å². The molecule has 1 amide bonds. The molecule has 3 rings (SSSR count). The quantitative estimate of drug-likeness (QED) is 0.428. The molecule has 1 N–H and O–H groups in total. The van der Waals surface area contributed by atoms with Gasteiger partial charge in [-0.15, -0.1) is 11.8 Å². The number of nitrogens with zero attached hydrogens (tertiary/aromatic N) is 4. The Morgan fingerprint density at radius 3 is 2.65 bits per heavy atom. The van der Waals surface area contributed by atoms with Crippen LogP contribution in [0.3, 0.4) is 0 Å². The predicted molar refractivity (Wildman–Crippen MR) is 126 cm³/mol. The Bertz CT molecular complexity index is 1250. The normalized spacial score (nSPS) is 11.3. The van der Waals surface area contributed by atoms with Crippen molar-refractivity contribution in [3.8, 4) is 0 Å². The molecule has 0 atom stereocenters. The molecule has 2 heterocycles. The van der Waals surface area contributed by atoms with Gasteiger partial charge in [0, 0.05) is 24.2 Å². The van der Waals surface area contributed by atoms with Gasteiger partial charge in [0.1, 0.15) is 16.2 Å². The van der Waals surface area contributed by atoms with Gasteiger partial charge in [-0.2, -0.15) is 0 Å². The summed E-state index contributed by atoms with van der Waals surface area (Å²) in [6.07, 6.45) is 1.97. The number of carbonyl (C=O) groups is 1. The number of thioether (sulfide) groups is 2. The zero-order chi connectivity index (χ0) is 22.7. The molecule has 164 valence electrons. The van der Waals surface area contributed by atoms with E-state index >= 15 is 0 Å². The maximum Gasteiger partial charge on any atom is 0.332 e. The van der Waals surface area contributed by atoms with E-state index in [4.69, 9.17) is 0 Å². The lowest BCUT2D eigenvalue weighted by Crippen LogP contribution is -2.39. The Morgan fingerprint density at radius 2 is 1.97 bits per heavy atom. The SMILES string of the molecule is CSc1cccc(NC(=O)CSc2nc(C)nc3c2c(=O)n(C)c(=O)n3CC(C)C)c1. The number of nitrogens with one attached hydrogen (secondary N) is 1. The first-order valence-electron chi connectivity index (χ1n) is 9.76. The van der Waals surface area contributed by atoms with Crippen molar-refractivity contribution in [1.82, 2.24) is 19.1 Å². The van der Waals surface area contributed by atoms with E-state index in [1.807, 2.05) is 44.4 Å². The highest BCUT2D eigenvalue weighted by Crippen LogP contribution is 2.24. The molecule has 10 heteroatoms. The predicted octanol–water partition coefficient (Wildman–Crippen LogP) is 2.91. The second kappa shape index (κ2) is 9.69. The Morgan fingerprint density at radius 1 is 1.23 bits per heavy atom. The third-order valence-corrected chi connectivity index (χ3v) is 6.20. The van der Waals surface area contributed by atoms with Gasteiger partial charge in [-0.25, -0.2) is 14.8 Å². The third kappa shape index (κ3) is 5.19. The van der Waals surface area contributed by atoms with Crippen LogP contribution in [0.1, 0.15) is 19.7 Å². The van der Waals surface area contributed by atoms with Crippen LogP contribution >= 0.6 is 23.5 Å². The first kappa shape index (κ1) is 23.1. The maximum atomic E-state index is 12.9. The highest BCUT2D eigenvalue weighted by atomic mass is 32.2. The van der Waals surface area contributed by atoms with Gasteiger partial charge < -0.3 is 5.32 Å². The number of aryl methyl sites for hydroxylation is 1. The van der Waals surface area contributed by atoms with Gasteiger partial charge in [-0.05, 0) is 37.3 Å². The lowest BCUT2D eigenvalue weighted by atomic mass is 10.2. The molecule has 0 radical (unpaired) electrons. The van der Waals surface area contributed by atoms with Gasteiger partial charge in [0.15, 0.2) is 5.65 Å². The minimum absolute atomic E-state index is 0.0709.